The van der Waals surface area contributed by atoms with Gasteiger partial charge in [-0.2, -0.15) is 0 Å². The Morgan fingerprint density at radius 1 is 1.41 bits per heavy atom. The van der Waals surface area contributed by atoms with Crippen molar-refractivity contribution in [3.05, 3.63) is 34.2 Å². The number of hydrogen-bond acceptors (Lipinski definition) is 2. The van der Waals surface area contributed by atoms with Crippen LogP contribution >= 0.6 is 11.3 Å². The Balaban J connectivity index is 2.38. The van der Waals surface area contributed by atoms with Gasteiger partial charge in [-0.15, -0.1) is 11.3 Å². The van der Waals surface area contributed by atoms with Gasteiger partial charge in [-0.1, -0.05) is 19.1 Å². The number of rotatable bonds is 4. The minimum Gasteiger partial charge on any atom is -0.481 e. The molecule has 2 aromatic rings. The third-order valence-corrected chi connectivity index (χ3v) is 4.41. The number of carboxylic acids is 1. The molecule has 0 bridgehead atoms. The Labute approximate surface area is 105 Å². The van der Waals surface area contributed by atoms with Gasteiger partial charge in [0, 0.05) is 9.58 Å². The molecule has 0 fully saturated rings. The van der Waals surface area contributed by atoms with E-state index in [0.717, 1.165) is 6.42 Å². The minimum atomic E-state index is -0.726. The molecule has 3 heteroatoms. The third-order valence-electron chi connectivity index (χ3n) is 3.07. The number of carbonyl (C=O) groups is 1. The Kier molecular flexibility index (Phi) is 3.48. The van der Waals surface area contributed by atoms with Gasteiger partial charge >= 0.3 is 5.97 Å². The fourth-order valence-electron chi connectivity index (χ4n) is 2.00. The predicted molar refractivity (Wildman–Crippen MR) is 71.9 cm³/mol. The molecular formula is C14H16O2S. The van der Waals surface area contributed by atoms with Gasteiger partial charge in [0.05, 0.1) is 6.42 Å². The highest BCUT2D eigenvalue weighted by Crippen LogP contribution is 2.32. The maximum atomic E-state index is 10.6. The summed E-state index contributed by atoms with van der Waals surface area (Å²) in [7, 11) is 0. The number of hydrogen-bond donors (Lipinski definition) is 1. The summed E-state index contributed by atoms with van der Waals surface area (Å²) in [6, 6.07) is 6.53. The summed E-state index contributed by atoms with van der Waals surface area (Å²) in [6.07, 6.45) is 1.89. The van der Waals surface area contributed by atoms with Crippen molar-refractivity contribution in [1.82, 2.24) is 0 Å². The van der Waals surface area contributed by atoms with Crippen LogP contribution in [0.1, 0.15) is 29.3 Å². The van der Waals surface area contributed by atoms with E-state index in [9.17, 15) is 4.79 Å². The zero-order chi connectivity index (χ0) is 12.4. The lowest BCUT2D eigenvalue weighted by molar-refractivity contribution is -0.136. The zero-order valence-electron chi connectivity index (χ0n) is 10.1. The van der Waals surface area contributed by atoms with Crippen molar-refractivity contribution in [3.8, 4) is 0 Å². The molecule has 0 unspecified atom stereocenters. The van der Waals surface area contributed by atoms with Gasteiger partial charge in [0.25, 0.3) is 0 Å². The highest BCUT2D eigenvalue weighted by molar-refractivity contribution is 7.19. The molecule has 0 aliphatic carbocycles. The lowest BCUT2D eigenvalue weighted by Gasteiger charge is -1.98. The zero-order valence-corrected chi connectivity index (χ0v) is 10.9. The molecule has 0 aliphatic rings. The van der Waals surface area contributed by atoms with Crippen molar-refractivity contribution >= 4 is 27.4 Å². The quantitative estimate of drug-likeness (QED) is 0.893. The van der Waals surface area contributed by atoms with E-state index in [0.29, 0.717) is 6.42 Å². The van der Waals surface area contributed by atoms with Gasteiger partial charge in [-0.25, -0.2) is 0 Å². The van der Waals surface area contributed by atoms with E-state index >= 15 is 0 Å². The molecule has 1 N–H and O–H groups in total. The molecule has 1 aromatic carbocycles. The molecule has 0 atom stereocenters. The van der Waals surface area contributed by atoms with Crippen LogP contribution in [0.4, 0.5) is 0 Å². The summed E-state index contributed by atoms with van der Waals surface area (Å²) in [6.45, 7) is 4.24. The van der Waals surface area contributed by atoms with Crippen LogP contribution in [0.3, 0.4) is 0 Å². The fraction of sp³-hybridized carbons (Fsp3) is 0.357. The summed E-state index contributed by atoms with van der Waals surface area (Å²) < 4.78 is 1.26. The van der Waals surface area contributed by atoms with Crippen LogP contribution in [0.2, 0.25) is 0 Å². The Morgan fingerprint density at radius 2 is 2.18 bits per heavy atom. The van der Waals surface area contributed by atoms with E-state index < -0.39 is 5.97 Å². The van der Waals surface area contributed by atoms with E-state index in [2.05, 4.69) is 32.0 Å². The maximum Gasteiger partial charge on any atom is 0.303 e. The first kappa shape index (κ1) is 12.1. The second-order valence-corrected chi connectivity index (χ2v) is 5.36. The number of carboxylic acid groups (broad SMARTS) is 1. The van der Waals surface area contributed by atoms with Gasteiger partial charge in [0.2, 0.25) is 0 Å². The van der Waals surface area contributed by atoms with Gasteiger partial charge in [-0.05, 0) is 42.3 Å². The Morgan fingerprint density at radius 3 is 2.82 bits per heavy atom. The van der Waals surface area contributed by atoms with Gasteiger partial charge < -0.3 is 5.11 Å². The third kappa shape index (κ3) is 2.50. The van der Waals surface area contributed by atoms with E-state index in [-0.39, 0.29) is 6.42 Å². The van der Waals surface area contributed by atoms with Crippen molar-refractivity contribution in [1.29, 1.82) is 0 Å². The summed E-state index contributed by atoms with van der Waals surface area (Å²) in [4.78, 5) is 11.8. The molecule has 90 valence electrons. The van der Waals surface area contributed by atoms with Crippen LogP contribution < -0.4 is 0 Å². The summed E-state index contributed by atoms with van der Waals surface area (Å²) in [5.74, 6) is -0.726. The van der Waals surface area contributed by atoms with E-state index in [4.69, 9.17) is 5.11 Å². The lowest BCUT2D eigenvalue weighted by Crippen LogP contribution is -1.96. The number of thiophene rings is 1. The van der Waals surface area contributed by atoms with Crippen molar-refractivity contribution in [2.75, 3.05) is 0 Å². The number of fused-ring (bicyclic) bond motifs is 1. The first-order valence-corrected chi connectivity index (χ1v) is 6.66. The molecule has 0 aliphatic heterocycles. The van der Waals surface area contributed by atoms with Crippen molar-refractivity contribution < 1.29 is 9.90 Å². The smallest absolute Gasteiger partial charge is 0.303 e. The van der Waals surface area contributed by atoms with E-state index in [1.807, 2.05) is 0 Å². The Bertz CT molecular complexity index is 555. The topological polar surface area (TPSA) is 37.3 Å². The molecule has 1 aromatic heterocycles. The van der Waals surface area contributed by atoms with Crippen molar-refractivity contribution in [3.63, 3.8) is 0 Å². The fourth-order valence-corrected chi connectivity index (χ4v) is 3.19. The van der Waals surface area contributed by atoms with E-state index in [1.165, 1.54) is 26.1 Å². The number of aliphatic carboxylic acids is 1. The second-order valence-electron chi connectivity index (χ2n) is 4.23. The first-order chi connectivity index (χ1) is 8.11. The van der Waals surface area contributed by atoms with Crippen LogP contribution in [-0.2, 0) is 17.6 Å². The molecule has 0 radical (unpaired) electrons. The minimum absolute atomic E-state index is 0.217. The van der Waals surface area contributed by atoms with Crippen LogP contribution in [0, 0.1) is 6.92 Å². The molecule has 0 saturated carbocycles. The standard InChI is InChI=1S/C14H16O2S/c1-3-10-4-5-13-11(8-10)9(2)12(17-13)6-7-14(15)16/h4-5,8H,3,6-7H2,1-2H3,(H,15,16). The van der Waals surface area contributed by atoms with Crippen LogP contribution in [0.25, 0.3) is 10.1 Å². The molecule has 1 heterocycles. The number of aryl methyl sites for hydroxylation is 3. The molecule has 2 rings (SSSR count). The highest BCUT2D eigenvalue weighted by atomic mass is 32.1. The molecule has 0 amide bonds. The van der Waals surface area contributed by atoms with Crippen LogP contribution in [-0.4, -0.2) is 11.1 Å². The average Bonchev–Trinajstić information content (AvgIpc) is 2.63. The number of benzene rings is 1. The molecule has 0 spiro atoms. The lowest BCUT2D eigenvalue weighted by atomic mass is 10.1. The second kappa shape index (κ2) is 4.88. The first-order valence-electron chi connectivity index (χ1n) is 5.84. The molecule has 0 saturated heterocycles. The van der Waals surface area contributed by atoms with Crippen molar-refractivity contribution in [2.24, 2.45) is 0 Å². The SMILES string of the molecule is CCc1ccc2sc(CCC(=O)O)c(C)c2c1. The summed E-state index contributed by atoms with van der Waals surface area (Å²) in [5.41, 5.74) is 2.59. The summed E-state index contributed by atoms with van der Waals surface area (Å²) in [5, 5.41) is 10.0. The van der Waals surface area contributed by atoms with Gasteiger partial charge in [0.15, 0.2) is 0 Å². The van der Waals surface area contributed by atoms with Gasteiger partial charge in [0.1, 0.15) is 0 Å². The van der Waals surface area contributed by atoms with Gasteiger partial charge in [-0.3, -0.25) is 4.79 Å². The van der Waals surface area contributed by atoms with Crippen LogP contribution in [0.5, 0.6) is 0 Å². The maximum absolute atomic E-state index is 10.6. The summed E-state index contributed by atoms with van der Waals surface area (Å²) >= 11 is 1.72. The average molecular weight is 248 g/mol. The monoisotopic (exact) mass is 248 g/mol. The van der Waals surface area contributed by atoms with E-state index in [1.54, 1.807) is 11.3 Å². The van der Waals surface area contributed by atoms with Crippen molar-refractivity contribution in [2.45, 2.75) is 33.1 Å². The Hall–Kier alpha value is -1.35. The molecule has 2 nitrogen and oxygen atoms in total. The predicted octanol–water partition coefficient (Wildman–Crippen LogP) is 3.79. The largest absolute Gasteiger partial charge is 0.481 e. The molecule has 17 heavy (non-hydrogen) atoms. The van der Waals surface area contributed by atoms with Crippen LogP contribution in [0.15, 0.2) is 18.2 Å². The molecular weight excluding hydrogens is 232 g/mol. The normalized spacial score (nSPS) is 10.9. The highest BCUT2D eigenvalue weighted by Gasteiger charge is 2.10.